The van der Waals surface area contributed by atoms with Gasteiger partial charge in [-0.2, -0.15) is 8.42 Å². The lowest BCUT2D eigenvalue weighted by molar-refractivity contribution is -0.135. The highest BCUT2D eigenvalue weighted by atomic mass is 32.2. The molecule has 0 aliphatic rings. The van der Waals surface area contributed by atoms with Gasteiger partial charge in [-0.25, -0.2) is 0 Å². The smallest absolute Gasteiger partial charge is 0.298 e. The molecule has 0 atom stereocenters. The van der Waals surface area contributed by atoms with E-state index in [2.05, 4.69) is 13.8 Å². The van der Waals surface area contributed by atoms with Gasteiger partial charge in [0.1, 0.15) is 17.3 Å². The first-order valence-corrected chi connectivity index (χ1v) is 14.2. The molecular formula is C28H39NO5S2. The van der Waals surface area contributed by atoms with Gasteiger partial charge in [0.25, 0.3) is 16.0 Å². The van der Waals surface area contributed by atoms with E-state index in [1.54, 1.807) is 17.0 Å². The fourth-order valence-corrected chi connectivity index (χ4v) is 5.58. The summed E-state index contributed by atoms with van der Waals surface area (Å²) in [7, 11) is -4.17. The largest absolute Gasteiger partial charge is 0.454 e. The van der Waals surface area contributed by atoms with Crippen LogP contribution in [0.1, 0.15) is 95.4 Å². The fraction of sp³-hybridized carbons (Fsp3) is 0.500. The van der Waals surface area contributed by atoms with Crippen molar-refractivity contribution < 1.29 is 22.1 Å². The van der Waals surface area contributed by atoms with Crippen molar-refractivity contribution in [3.05, 3.63) is 58.7 Å². The van der Waals surface area contributed by atoms with Gasteiger partial charge in [-0.3, -0.25) is 8.98 Å². The lowest BCUT2D eigenvalue weighted by Gasteiger charge is -2.27. The summed E-state index contributed by atoms with van der Waals surface area (Å²) < 4.78 is 37.6. The molecule has 0 bridgehead atoms. The van der Waals surface area contributed by atoms with Crippen molar-refractivity contribution >= 4 is 33.8 Å². The summed E-state index contributed by atoms with van der Waals surface area (Å²) in [6.45, 7) is 15.6. The maximum absolute atomic E-state index is 13.5. The van der Waals surface area contributed by atoms with Crippen LogP contribution in [-0.4, -0.2) is 37.4 Å². The predicted molar refractivity (Wildman–Crippen MR) is 148 cm³/mol. The average molecular weight is 534 g/mol. The van der Waals surface area contributed by atoms with Crippen molar-refractivity contribution in [1.29, 1.82) is 0 Å². The van der Waals surface area contributed by atoms with Crippen LogP contribution in [-0.2, 0) is 25.6 Å². The second-order valence-corrected chi connectivity index (χ2v) is 11.9. The third kappa shape index (κ3) is 7.60. The third-order valence-corrected chi connectivity index (χ3v) is 7.57. The van der Waals surface area contributed by atoms with Crippen molar-refractivity contribution in [3.63, 3.8) is 0 Å². The summed E-state index contributed by atoms with van der Waals surface area (Å²) in [5.41, 5.74) is 4.59. The van der Waals surface area contributed by atoms with Crippen LogP contribution in [0, 0.1) is 0 Å². The Morgan fingerprint density at radius 3 is 1.86 bits per heavy atom. The monoisotopic (exact) mass is 533 g/mol. The number of ether oxygens (including phenoxy) is 1. The number of rotatable bonds is 12. The summed E-state index contributed by atoms with van der Waals surface area (Å²) in [6.07, 6.45) is 0. The molecule has 0 saturated carbocycles. The molecule has 2 aromatic carbocycles. The Labute approximate surface area is 222 Å². The van der Waals surface area contributed by atoms with Gasteiger partial charge < -0.3 is 9.64 Å². The fourth-order valence-electron chi connectivity index (χ4n) is 3.93. The molecule has 2 rings (SSSR count). The molecule has 0 fully saturated rings. The highest BCUT2D eigenvalue weighted by Gasteiger charge is 2.29. The SMILES string of the molecule is CC(C)c1cc(C(C)C)c(S(=O)(=O)OCC(=O)N(Cc2ccc(OC=S)cc2)C(C)C)c(C(C)C)c1. The van der Waals surface area contributed by atoms with E-state index < -0.39 is 22.6 Å². The number of amides is 1. The van der Waals surface area contributed by atoms with Crippen LogP contribution in [0.3, 0.4) is 0 Å². The van der Waals surface area contributed by atoms with E-state index in [1.807, 2.05) is 65.8 Å². The second-order valence-electron chi connectivity index (χ2n) is 10.2. The van der Waals surface area contributed by atoms with Gasteiger partial charge in [-0.1, -0.05) is 65.8 Å². The molecule has 0 radical (unpaired) electrons. The lowest BCUT2D eigenvalue weighted by atomic mass is 9.89. The quantitative estimate of drug-likeness (QED) is 0.228. The molecule has 0 spiro atoms. The summed E-state index contributed by atoms with van der Waals surface area (Å²) in [5, 5.41) is 0. The van der Waals surface area contributed by atoms with Crippen LogP contribution in [0.15, 0.2) is 41.3 Å². The van der Waals surface area contributed by atoms with Crippen LogP contribution < -0.4 is 4.74 Å². The average Bonchev–Trinajstić information content (AvgIpc) is 2.81. The van der Waals surface area contributed by atoms with Gasteiger partial charge in [0, 0.05) is 12.6 Å². The maximum atomic E-state index is 13.5. The topological polar surface area (TPSA) is 72.9 Å². The highest BCUT2D eigenvalue weighted by Crippen LogP contribution is 2.36. The zero-order chi connectivity index (χ0) is 27.2. The van der Waals surface area contributed by atoms with E-state index in [9.17, 15) is 13.2 Å². The van der Waals surface area contributed by atoms with Crippen LogP contribution in [0.5, 0.6) is 5.75 Å². The standard InChI is InChI=1S/C28H39NO5S2/c1-18(2)23-13-25(19(3)4)28(26(14-23)20(5)6)36(31,32)34-16-27(30)29(21(7)8)15-22-9-11-24(12-10-22)33-17-35/h9-14,17-21H,15-16H2,1-8H3. The first kappa shape index (κ1) is 29.9. The number of benzene rings is 2. The van der Waals surface area contributed by atoms with Crippen molar-refractivity contribution in [2.45, 2.75) is 90.6 Å². The lowest BCUT2D eigenvalue weighted by Crippen LogP contribution is -2.39. The van der Waals surface area contributed by atoms with Gasteiger partial charge in [0.15, 0.2) is 5.55 Å². The predicted octanol–water partition coefficient (Wildman–Crippen LogP) is 6.54. The summed E-state index contributed by atoms with van der Waals surface area (Å²) >= 11 is 4.70. The molecule has 0 saturated heterocycles. The van der Waals surface area contributed by atoms with Gasteiger partial charge in [0.2, 0.25) is 0 Å². The molecule has 6 nitrogen and oxygen atoms in total. The van der Waals surface area contributed by atoms with Crippen molar-refractivity contribution in [3.8, 4) is 5.75 Å². The summed E-state index contributed by atoms with van der Waals surface area (Å²) in [5.74, 6) is 0.416. The molecule has 8 heteroatoms. The molecule has 0 aromatic heterocycles. The minimum absolute atomic E-state index is 0.0253. The summed E-state index contributed by atoms with van der Waals surface area (Å²) in [6, 6.07) is 11.0. The molecule has 198 valence electrons. The Balaban J connectivity index is 2.32. The Hall–Kier alpha value is -2.29. The molecular weight excluding hydrogens is 494 g/mol. The van der Waals surface area contributed by atoms with Gasteiger partial charge in [0.05, 0.1) is 0 Å². The number of nitrogens with zero attached hydrogens (tertiary/aromatic N) is 1. The molecule has 36 heavy (non-hydrogen) atoms. The van der Waals surface area contributed by atoms with E-state index in [-0.39, 0.29) is 28.7 Å². The molecule has 1 amide bonds. The van der Waals surface area contributed by atoms with Crippen molar-refractivity contribution in [1.82, 2.24) is 4.90 Å². The normalized spacial score (nSPS) is 12.0. The summed E-state index contributed by atoms with van der Waals surface area (Å²) in [4.78, 5) is 14.9. The Bertz CT molecular complexity index is 1120. The Morgan fingerprint density at radius 1 is 0.917 bits per heavy atom. The van der Waals surface area contributed by atoms with E-state index in [1.165, 1.54) is 5.55 Å². The highest BCUT2D eigenvalue weighted by molar-refractivity contribution is 7.87. The Kier molecular flexibility index (Phi) is 10.6. The first-order valence-electron chi connectivity index (χ1n) is 12.3. The van der Waals surface area contributed by atoms with E-state index in [0.29, 0.717) is 12.3 Å². The molecule has 0 unspecified atom stereocenters. The Morgan fingerprint density at radius 2 is 1.44 bits per heavy atom. The maximum Gasteiger partial charge on any atom is 0.298 e. The molecule has 0 aliphatic heterocycles. The molecule has 0 heterocycles. The van der Waals surface area contributed by atoms with E-state index in [0.717, 1.165) is 22.3 Å². The zero-order valence-corrected chi connectivity index (χ0v) is 24.2. The number of hydrogen-bond acceptors (Lipinski definition) is 6. The molecule has 0 aliphatic carbocycles. The van der Waals surface area contributed by atoms with E-state index >= 15 is 0 Å². The third-order valence-electron chi connectivity index (χ3n) is 6.07. The second kappa shape index (κ2) is 12.8. The van der Waals surface area contributed by atoms with Crippen LogP contribution >= 0.6 is 12.2 Å². The number of thiocarbonyl (C=S) groups is 1. The number of hydrogen-bond donors (Lipinski definition) is 0. The minimum Gasteiger partial charge on any atom is -0.454 e. The van der Waals surface area contributed by atoms with Crippen molar-refractivity contribution in [2.75, 3.05) is 6.61 Å². The number of carbonyl (C=O) groups is 1. The molecule has 2 aromatic rings. The van der Waals surface area contributed by atoms with Gasteiger partial charge in [-0.15, -0.1) is 0 Å². The van der Waals surface area contributed by atoms with Crippen LogP contribution in [0.2, 0.25) is 0 Å². The molecule has 0 N–H and O–H groups in total. The van der Waals surface area contributed by atoms with Gasteiger partial charge >= 0.3 is 0 Å². The van der Waals surface area contributed by atoms with Gasteiger partial charge in [-0.05, 0) is 78.2 Å². The van der Waals surface area contributed by atoms with Crippen LogP contribution in [0.4, 0.5) is 0 Å². The zero-order valence-electron chi connectivity index (χ0n) is 22.6. The van der Waals surface area contributed by atoms with Crippen molar-refractivity contribution in [2.24, 2.45) is 0 Å². The minimum atomic E-state index is -4.17. The van der Waals surface area contributed by atoms with E-state index in [4.69, 9.17) is 21.1 Å². The first-order chi connectivity index (χ1) is 16.8. The number of carbonyl (C=O) groups excluding carboxylic acids is 1. The van der Waals surface area contributed by atoms with Crippen LogP contribution in [0.25, 0.3) is 0 Å².